The van der Waals surface area contributed by atoms with Gasteiger partial charge in [0.1, 0.15) is 0 Å². The number of hydrogen-bond acceptors (Lipinski definition) is 3. The first-order valence-electron chi connectivity index (χ1n) is 8.36. The summed E-state index contributed by atoms with van der Waals surface area (Å²) in [6.45, 7) is 9.08. The maximum Gasteiger partial charge on any atom is 0.205 e. The fourth-order valence-electron chi connectivity index (χ4n) is 3.58. The highest BCUT2D eigenvalue weighted by Crippen LogP contribution is 2.29. The fraction of sp³-hybridized carbons (Fsp3) is 0.812. The van der Waals surface area contributed by atoms with E-state index in [1.165, 1.54) is 50.4 Å². The highest BCUT2D eigenvalue weighted by Gasteiger charge is 2.35. The third kappa shape index (κ3) is 2.71. The fourth-order valence-corrected chi connectivity index (χ4v) is 3.58. The number of piperidine rings is 1. The Morgan fingerprint density at radius 1 is 1.35 bits per heavy atom. The second-order valence-corrected chi connectivity index (χ2v) is 6.30. The predicted octanol–water partition coefficient (Wildman–Crippen LogP) is 2.43. The smallest absolute Gasteiger partial charge is 0.205 e. The van der Waals surface area contributed by atoms with Crippen LogP contribution in [0.1, 0.15) is 45.2 Å². The van der Waals surface area contributed by atoms with Crippen molar-refractivity contribution in [1.29, 1.82) is 0 Å². The van der Waals surface area contributed by atoms with Crippen LogP contribution in [-0.2, 0) is 13.0 Å². The van der Waals surface area contributed by atoms with Gasteiger partial charge in [-0.05, 0) is 38.1 Å². The molecule has 3 rings (SSSR count). The molecular formula is C16H28N4. The number of nitrogens with zero attached hydrogens (tertiary/aromatic N) is 3. The maximum atomic E-state index is 4.88. The molecule has 3 heterocycles. The molecule has 0 aromatic carbocycles. The molecule has 0 aliphatic carbocycles. The van der Waals surface area contributed by atoms with Gasteiger partial charge in [0.25, 0.3) is 0 Å². The molecule has 2 atom stereocenters. The molecule has 2 saturated heterocycles. The van der Waals surface area contributed by atoms with Crippen molar-refractivity contribution in [1.82, 2.24) is 14.9 Å². The van der Waals surface area contributed by atoms with E-state index >= 15 is 0 Å². The molecule has 0 spiro atoms. The Labute approximate surface area is 122 Å². The molecular weight excluding hydrogens is 248 g/mol. The average Bonchev–Trinajstić information content (AvgIpc) is 3.08. The van der Waals surface area contributed by atoms with Crippen molar-refractivity contribution in [2.45, 2.75) is 58.5 Å². The van der Waals surface area contributed by atoms with Gasteiger partial charge < -0.3 is 14.8 Å². The highest BCUT2D eigenvalue weighted by molar-refractivity contribution is 5.36. The number of hydrogen-bond donors (Lipinski definition) is 1. The molecule has 2 unspecified atom stereocenters. The lowest BCUT2D eigenvalue weighted by Crippen LogP contribution is -2.40. The quantitative estimate of drug-likeness (QED) is 0.896. The van der Waals surface area contributed by atoms with E-state index in [1.807, 2.05) is 0 Å². The van der Waals surface area contributed by atoms with Crippen molar-refractivity contribution in [3.8, 4) is 0 Å². The Morgan fingerprint density at radius 3 is 3.00 bits per heavy atom. The van der Waals surface area contributed by atoms with Gasteiger partial charge in [0.15, 0.2) is 0 Å². The predicted molar refractivity (Wildman–Crippen MR) is 83.2 cm³/mol. The Hall–Kier alpha value is -1.03. The van der Waals surface area contributed by atoms with Crippen LogP contribution < -0.4 is 10.2 Å². The number of unbranched alkanes of at least 4 members (excludes halogenated alkanes) is 1. The van der Waals surface area contributed by atoms with Crippen molar-refractivity contribution >= 4 is 5.95 Å². The Balaban J connectivity index is 1.76. The number of fused-ring (bicyclic) bond motifs is 1. The van der Waals surface area contributed by atoms with E-state index in [4.69, 9.17) is 4.98 Å². The minimum Gasteiger partial charge on any atom is -0.340 e. The molecule has 1 N–H and O–H groups in total. The zero-order valence-corrected chi connectivity index (χ0v) is 12.9. The van der Waals surface area contributed by atoms with Crippen molar-refractivity contribution < 1.29 is 0 Å². The van der Waals surface area contributed by atoms with Gasteiger partial charge in [-0.25, -0.2) is 4.98 Å². The van der Waals surface area contributed by atoms with Crippen molar-refractivity contribution in [2.75, 3.05) is 24.5 Å². The largest absolute Gasteiger partial charge is 0.340 e. The molecule has 0 saturated carbocycles. The molecule has 4 nitrogen and oxygen atoms in total. The summed E-state index contributed by atoms with van der Waals surface area (Å²) < 4.78 is 2.39. The summed E-state index contributed by atoms with van der Waals surface area (Å²) in [5, 5.41) is 3.69. The van der Waals surface area contributed by atoms with Gasteiger partial charge in [-0.2, -0.15) is 0 Å². The molecule has 0 radical (unpaired) electrons. The minimum atomic E-state index is 0.685. The Morgan fingerprint density at radius 2 is 2.25 bits per heavy atom. The van der Waals surface area contributed by atoms with Crippen LogP contribution in [0.4, 0.5) is 5.95 Å². The normalized spacial score (nSPS) is 26.0. The lowest BCUT2D eigenvalue weighted by atomic mass is 9.94. The summed E-state index contributed by atoms with van der Waals surface area (Å²) in [5.74, 6) is 2.04. The molecule has 4 heteroatoms. The van der Waals surface area contributed by atoms with Gasteiger partial charge in [0.05, 0.1) is 5.69 Å². The number of imidazole rings is 1. The van der Waals surface area contributed by atoms with Crippen LogP contribution >= 0.6 is 0 Å². The summed E-state index contributed by atoms with van der Waals surface area (Å²) in [6, 6.07) is 0.685. The first-order chi connectivity index (χ1) is 9.81. The molecule has 0 amide bonds. The van der Waals surface area contributed by atoms with Crippen molar-refractivity contribution in [2.24, 2.45) is 5.92 Å². The first-order valence-corrected chi connectivity index (χ1v) is 8.36. The molecule has 20 heavy (non-hydrogen) atoms. The highest BCUT2D eigenvalue weighted by atomic mass is 15.3. The average molecular weight is 276 g/mol. The first kappa shape index (κ1) is 13.9. The van der Waals surface area contributed by atoms with Gasteiger partial charge in [-0.3, -0.25) is 0 Å². The van der Waals surface area contributed by atoms with Crippen LogP contribution in [0.3, 0.4) is 0 Å². The Bertz CT molecular complexity index is 426. The van der Waals surface area contributed by atoms with Gasteiger partial charge in [-0.15, -0.1) is 0 Å². The SMILES string of the molecule is CCCCn1cc(CC)nc1N1CC2CCCNC2C1. The molecule has 1 aromatic heterocycles. The molecule has 1 aromatic rings. The molecule has 2 aliphatic heterocycles. The summed E-state index contributed by atoms with van der Waals surface area (Å²) in [6.07, 6.45) is 8.49. The van der Waals surface area contributed by atoms with E-state index in [9.17, 15) is 0 Å². The van der Waals surface area contributed by atoms with Gasteiger partial charge >= 0.3 is 0 Å². The topological polar surface area (TPSA) is 33.1 Å². The molecule has 2 aliphatic rings. The Kier molecular flexibility index (Phi) is 4.29. The van der Waals surface area contributed by atoms with E-state index in [2.05, 4.69) is 34.8 Å². The number of nitrogens with one attached hydrogen (secondary N) is 1. The number of aromatic nitrogens is 2. The lowest BCUT2D eigenvalue weighted by Gasteiger charge is -2.24. The summed E-state index contributed by atoms with van der Waals surface area (Å²) in [4.78, 5) is 7.40. The third-order valence-electron chi connectivity index (χ3n) is 4.80. The van der Waals surface area contributed by atoms with E-state index in [0.29, 0.717) is 6.04 Å². The third-order valence-corrected chi connectivity index (χ3v) is 4.80. The van der Waals surface area contributed by atoms with Crippen molar-refractivity contribution in [3.05, 3.63) is 11.9 Å². The van der Waals surface area contributed by atoms with Crippen LogP contribution in [-0.4, -0.2) is 35.2 Å². The van der Waals surface area contributed by atoms with Crippen LogP contribution in [0.2, 0.25) is 0 Å². The maximum absolute atomic E-state index is 4.88. The monoisotopic (exact) mass is 276 g/mol. The molecule has 2 fully saturated rings. The minimum absolute atomic E-state index is 0.685. The van der Waals surface area contributed by atoms with Crippen LogP contribution in [0.5, 0.6) is 0 Å². The van der Waals surface area contributed by atoms with E-state index in [0.717, 1.165) is 25.4 Å². The lowest BCUT2D eigenvalue weighted by molar-refractivity contribution is 0.340. The summed E-state index contributed by atoms with van der Waals surface area (Å²) in [5.41, 5.74) is 1.24. The van der Waals surface area contributed by atoms with E-state index in [-0.39, 0.29) is 0 Å². The number of anilines is 1. The molecule has 0 bridgehead atoms. The standard InChI is InChI=1S/C16H28N4/c1-3-5-9-19-11-14(4-2)18-16(19)20-10-13-7-6-8-17-15(13)12-20/h11,13,15,17H,3-10,12H2,1-2H3. The van der Waals surface area contributed by atoms with E-state index < -0.39 is 0 Å². The van der Waals surface area contributed by atoms with Gasteiger partial charge in [0, 0.05) is 31.9 Å². The summed E-state index contributed by atoms with van der Waals surface area (Å²) in [7, 11) is 0. The second-order valence-electron chi connectivity index (χ2n) is 6.30. The zero-order valence-electron chi connectivity index (χ0n) is 12.9. The number of aryl methyl sites for hydroxylation is 2. The zero-order chi connectivity index (χ0) is 13.9. The summed E-state index contributed by atoms with van der Waals surface area (Å²) >= 11 is 0. The molecule has 112 valence electrons. The van der Waals surface area contributed by atoms with Crippen LogP contribution in [0.25, 0.3) is 0 Å². The second kappa shape index (κ2) is 6.17. The number of rotatable bonds is 5. The van der Waals surface area contributed by atoms with E-state index in [1.54, 1.807) is 0 Å². The van der Waals surface area contributed by atoms with Crippen LogP contribution in [0.15, 0.2) is 6.20 Å². The van der Waals surface area contributed by atoms with Crippen LogP contribution in [0, 0.1) is 5.92 Å². The van der Waals surface area contributed by atoms with Crippen molar-refractivity contribution in [3.63, 3.8) is 0 Å². The van der Waals surface area contributed by atoms with Gasteiger partial charge in [-0.1, -0.05) is 20.3 Å². The van der Waals surface area contributed by atoms with Gasteiger partial charge in [0.2, 0.25) is 5.95 Å².